The van der Waals surface area contributed by atoms with Crippen molar-refractivity contribution in [1.29, 1.82) is 0 Å². The summed E-state index contributed by atoms with van der Waals surface area (Å²) < 4.78 is 1.88. The van der Waals surface area contributed by atoms with Gasteiger partial charge in [-0.2, -0.15) is 0 Å². The summed E-state index contributed by atoms with van der Waals surface area (Å²) in [7, 11) is 1.62. The fourth-order valence-corrected chi connectivity index (χ4v) is 2.90. The SMILES string of the molecule is CN(CC(=O)Nc1ccccc1)C(=O)Cc1cn2ccsc2n1. The number of carbonyl (C=O) groups excluding carboxylic acids is 2. The van der Waals surface area contributed by atoms with Gasteiger partial charge in [-0.15, -0.1) is 11.3 Å². The maximum absolute atomic E-state index is 12.2. The van der Waals surface area contributed by atoms with Crippen LogP contribution >= 0.6 is 11.3 Å². The van der Waals surface area contributed by atoms with Gasteiger partial charge < -0.3 is 10.2 Å². The summed E-state index contributed by atoms with van der Waals surface area (Å²) in [5.74, 6) is -0.364. The quantitative estimate of drug-likeness (QED) is 0.779. The van der Waals surface area contributed by atoms with E-state index in [0.29, 0.717) is 11.4 Å². The first-order valence-corrected chi connectivity index (χ1v) is 8.00. The molecule has 7 heteroatoms. The molecular weight excluding hydrogens is 312 g/mol. The molecule has 0 radical (unpaired) electrons. The predicted octanol–water partition coefficient (Wildman–Crippen LogP) is 2.04. The summed E-state index contributed by atoms with van der Waals surface area (Å²) in [5.41, 5.74) is 1.42. The summed E-state index contributed by atoms with van der Waals surface area (Å²) in [6.45, 7) is 0.00987. The van der Waals surface area contributed by atoms with Crippen LogP contribution in [0.15, 0.2) is 48.1 Å². The summed E-state index contributed by atoms with van der Waals surface area (Å²) in [6, 6.07) is 9.17. The maximum atomic E-state index is 12.2. The van der Waals surface area contributed by atoms with Crippen LogP contribution in [0.4, 0.5) is 5.69 Å². The maximum Gasteiger partial charge on any atom is 0.243 e. The minimum Gasteiger partial charge on any atom is -0.336 e. The van der Waals surface area contributed by atoms with Crippen molar-refractivity contribution in [2.75, 3.05) is 18.9 Å². The van der Waals surface area contributed by atoms with Crippen LogP contribution in [0.3, 0.4) is 0 Å². The Kier molecular flexibility index (Phi) is 4.38. The van der Waals surface area contributed by atoms with Gasteiger partial charge in [-0.05, 0) is 12.1 Å². The van der Waals surface area contributed by atoms with Gasteiger partial charge in [0.25, 0.3) is 0 Å². The number of aromatic nitrogens is 2. The number of carbonyl (C=O) groups is 2. The molecule has 0 spiro atoms. The van der Waals surface area contributed by atoms with Gasteiger partial charge in [-0.3, -0.25) is 14.0 Å². The highest BCUT2D eigenvalue weighted by atomic mass is 32.1. The van der Waals surface area contributed by atoms with E-state index in [2.05, 4.69) is 10.3 Å². The number of hydrogen-bond donors (Lipinski definition) is 1. The topological polar surface area (TPSA) is 66.7 Å². The number of rotatable bonds is 5. The molecule has 1 N–H and O–H groups in total. The molecule has 0 unspecified atom stereocenters. The third kappa shape index (κ3) is 3.75. The second-order valence-electron chi connectivity index (χ2n) is 5.17. The van der Waals surface area contributed by atoms with E-state index >= 15 is 0 Å². The van der Waals surface area contributed by atoms with E-state index in [-0.39, 0.29) is 24.8 Å². The standard InChI is InChI=1S/C16H16N4O2S/c1-19(11-14(21)17-12-5-3-2-4-6-12)15(22)9-13-10-20-7-8-23-16(20)18-13/h2-8,10H,9,11H2,1H3,(H,17,21). The summed E-state index contributed by atoms with van der Waals surface area (Å²) in [5, 5.41) is 4.70. The second-order valence-corrected chi connectivity index (χ2v) is 6.04. The number of imidazole rings is 1. The number of nitrogens with zero attached hydrogens (tertiary/aromatic N) is 3. The third-order valence-corrected chi connectivity index (χ3v) is 4.11. The molecule has 3 aromatic rings. The van der Waals surface area contributed by atoms with Gasteiger partial charge >= 0.3 is 0 Å². The van der Waals surface area contributed by atoms with Gasteiger partial charge in [0.05, 0.1) is 18.7 Å². The van der Waals surface area contributed by atoms with Crippen LogP contribution in [0.1, 0.15) is 5.69 Å². The fraction of sp³-hybridized carbons (Fsp3) is 0.188. The van der Waals surface area contributed by atoms with Crippen molar-refractivity contribution in [3.63, 3.8) is 0 Å². The molecule has 0 aliphatic carbocycles. The first-order valence-electron chi connectivity index (χ1n) is 7.12. The zero-order valence-electron chi connectivity index (χ0n) is 12.6. The molecule has 0 fully saturated rings. The highest BCUT2D eigenvalue weighted by Gasteiger charge is 2.15. The number of anilines is 1. The normalized spacial score (nSPS) is 10.7. The molecule has 0 saturated heterocycles. The average molecular weight is 328 g/mol. The summed E-state index contributed by atoms with van der Waals surface area (Å²) in [6.07, 6.45) is 3.92. The van der Waals surface area contributed by atoms with Crippen molar-refractivity contribution in [3.05, 3.63) is 53.8 Å². The number of benzene rings is 1. The van der Waals surface area contributed by atoms with Crippen LogP contribution in [0.25, 0.3) is 4.96 Å². The molecule has 0 atom stereocenters. The number of likely N-dealkylation sites (N-methyl/N-ethyl adjacent to an activating group) is 1. The Hall–Kier alpha value is -2.67. The minimum atomic E-state index is -0.224. The van der Waals surface area contributed by atoms with Crippen LogP contribution in [0.5, 0.6) is 0 Å². The van der Waals surface area contributed by atoms with Crippen molar-refractivity contribution in [2.24, 2.45) is 0 Å². The average Bonchev–Trinajstić information content (AvgIpc) is 3.09. The second kappa shape index (κ2) is 6.62. The van der Waals surface area contributed by atoms with Crippen molar-refractivity contribution in [2.45, 2.75) is 6.42 Å². The van der Waals surface area contributed by atoms with E-state index in [1.807, 2.05) is 40.4 Å². The summed E-state index contributed by atoms with van der Waals surface area (Å²) >= 11 is 1.52. The fourth-order valence-electron chi connectivity index (χ4n) is 2.18. The zero-order chi connectivity index (χ0) is 16.2. The Morgan fingerprint density at radius 3 is 2.83 bits per heavy atom. The van der Waals surface area contributed by atoms with E-state index in [1.54, 1.807) is 19.2 Å². The lowest BCUT2D eigenvalue weighted by Gasteiger charge is -2.16. The highest BCUT2D eigenvalue weighted by molar-refractivity contribution is 7.15. The Balaban J connectivity index is 1.54. The van der Waals surface area contributed by atoms with Gasteiger partial charge in [0.2, 0.25) is 11.8 Å². The predicted molar refractivity (Wildman–Crippen MR) is 89.5 cm³/mol. The molecule has 3 rings (SSSR count). The van der Waals surface area contributed by atoms with Gasteiger partial charge in [0, 0.05) is 30.5 Å². The van der Waals surface area contributed by atoms with Crippen LogP contribution in [0, 0.1) is 0 Å². The van der Waals surface area contributed by atoms with Gasteiger partial charge in [-0.25, -0.2) is 4.98 Å². The van der Waals surface area contributed by atoms with Crippen molar-refractivity contribution < 1.29 is 9.59 Å². The third-order valence-electron chi connectivity index (χ3n) is 3.34. The molecule has 0 saturated carbocycles. The molecule has 23 heavy (non-hydrogen) atoms. The molecule has 6 nitrogen and oxygen atoms in total. The number of para-hydroxylation sites is 1. The monoisotopic (exact) mass is 328 g/mol. The summed E-state index contributed by atoms with van der Waals surface area (Å²) in [4.78, 5) is 30.8. The van der Waals surface area contributed by atoms with Crippen molar-refractivity contribution >= 4 is 33.8 Å². The largest absolute Gasteiger partial charge is 0.336 e. The Labute approximate surface area is 137 Å². The van der Waals surface area contributed by atoms with E-state index in [0.717, 1.165) is 4.96 Å². The lowest BCUT2D eigenvalue weighted by Crippen LogP contribution is -2.35. The smallest absolute Gasteiger partial charge is 0.243 e. The lowest BCUT2D eigenvalue weighted by molar-refractivity contribution is -0.132. The Bertz CT molecular complexity index is 796. The van der Waals surface area contributed by atoms with Gasteiger partial charge in [-0.1, -0.05) is 18.2 Å². The van der Waals surface area contributed by atoms with Crippen molar-refractivity contribution in [3.8, 4) is 0 Å². The minimum absolute atomic E-state index is 0.00987. The van der Waals surface area contributed by atoms with E-state index < -0.39 is 0 Å². The van der Waals surface area contributed by atoms with Crippen LogP contribution < -0.4 is 5.32 Å². The van der Waals surface area contributed by atoms with Gasteiger partial charge in [0.15, 0.2) is 4.96 Å². The van der Waals surface area contributed by atoms with E-state index in [1.165, 1.54) is 16.2 Å². The lowest BCUT2D eigenvalue weighted by atomic mass is 10.3. The number of thiazole rings is 1. The number of amides is 2. The molecule has 0 bridgehead atoms. The first-order chi connectivity index (χ1) is 11.1. The van der Waals surface area contributed by atoms with Crippen LogP contribution in [-0.4, -0.2) is 39.7 Å². The first kappa shape index (κ1) is 15.2. The molecular formula is C16H16N4O2S. The van der Waals surface area contributed by atoms with E-state index in [4.69, 9.17) is 0 Å². The molecule has 0 aliphatic rings. The van der Waals surface area contributed by atoms with Crippen molar-refractivity contribution in [1.82, 2.24) is 14.3 Å². The van der Waals surface area contributed by atoms with Crippen LogP contribution in [-0.2, 0) is 16.0 Å². The molecule has 2 heterocycles. The number of nitrogens with one attached hydrogen (secondary N) is 1. The molecule has 2 amide bonds. The zero-order valence-corrected chi connectivity index (χ0v) is 13.4. The highest BCUT2D eigenvalue weighted by Crippen LogP contribution is 2.12. The number of hydrogen-bond acceptors (Lipinski definition) is 4. The molecule has 118 valence electrons. The molecule has 0 aliphatic heterocycles. The Morgan fingerprint density at radius 2 is 2.09 bits per heavy atom. The molecule has 2 aromatic heterocycles. The van der Waals surface area contributed by atoms with E-state index in [9.17, 15) is 9.59 Å². The van der Waals surface area contributed by atoms with Crippen LogP contribution in [0.2, 0.25) is 0 Å². The number of fused-ring (bicyclic) bond motifs is 1. The molecule has 1 aromatic carbocycles. The Morgan fingerprint density at radius 1 is 1.30 bits per heavy atom. The van der Waals surface area contributed by atoms with Gasteiger partial charge in [0.1, 0.15) is 0 Å².